The maximum atomic E-state index is 10.5. The van der Waals surface area contributed by atoms with Gasteiger partial charge >= 0.3 is 5.97 Å². The number of hydrogen-bond donors (Lipinski definition) is 2. The summed E-state index contributed by atoms with van der Waals surface area (Å²) in [7, 11) is 0. The predicted molar refractivity (Wildman–Crippen MR) is 72.0 cm³/mol. The molecule has 0 fully saturated rings. The summed E-state index contributed by atoms with van der Waals surface area (Å²) in [5.74, 6) is -0.119. The topological polar surface area (TPSA) is 70.0 Å². The Labute approximate surface area is 115 Å². The summed E-state index contributed by atoms with van der Waals surface area (Å²) in [5.41, 5.74) is 2.15. The fourth-order valence-electron chi connectivity index (χ4n) is 2.64. The number of ether oxygens (including phenoxy) is 1. The van der Waals surface area contributed by atoms with Gasteiger partial charge in [0, 0.05) is 17.8 Å². The van der Waals surface area contributed by atoms with E-state index in [1.54, 1.807) is 6.20 Å². The van der Waals surface area contributed by atoms with E-state index in [0.717, 1.165) is 32.4 Å². The van der Waals surface area contributed by atoms with Crippen LogP contribution in [0.2, 0.25) is 0 Å². The summed E-state index contributed by atoms with van der Waals surface area (Å²) in [6.07, 6.45) is 4.27. The standard InChI is InChI=1S/C15H15NO4/c17-14(18)4-5-20-13-6-10-2-1-3-11-8-16(19)9-12(7-13)15(10)11/h1-3,7-8,19H,4-6,9H2,(H,17,18). The highest BCUT2D eigenvalue weighted by Gasteiger charge is 2.17. The van der Waals surface area contributed by atoms with E-state index in [0.29, 0.717) is 13.0 Å². The Kier molecular flexibility index (Phi) is 3.20. The molecular weight excluding hydrogens is 258 g/mol. The minimum absolute atomic E-state index is 0.0144. The molecule has 3 rings (SSSR count). The molecule has 0 atom stereocenters. The molecule has 1 aromatic carbocycles. The average Bonchev–Trinajstić information content (AvgIpc) is 2.37. The van der Waals surface area contributed by atoms with Gasteiger partial charge in [0.05, 0.1) is 19.6 Å². The van der Waals surface area contributed by atoms with Crippen molar-refractivity contribution in [1.82, 2.24) is 5.06 Å². The lowest BCUT2D eigenvalue weighted by Crippen LogP contribution is -2.41. The first-order valence-corrected chi connectivity index (χ1v) is 6.47. The Morgan fingerprint density at radius 1 is 1.40 bits per heavy atom. The summed E-state index contributed by atoms with van der Waals surface area (Å²) >= 11 is 0. The number of carbonyl (C=O) groups is 1. The molecule has 1 aliphatic heterocycles. The van der Waals surface area contributed by atoms with E-state index in [9.17, 15) is 10.0 Å². The van der Waals surface area contributed by atoms with Crippen molar-refractivity contribution in [3.05, 3.63) is 46.0 Å². The van der Waals surface area contributed by atoms with E-state index >= 15 is 0 Å². The van der Waals surface area contributed by atoms with Crippen LogP contribution in [0.1, 0.15) is 12.0 Å². The molecule has 1 aromatic rings. The van der Waals surface area contributed by atoms with Gasteiger partial charge in [0.25, 0.3) is 0 Å². The lowest BCUT2D eigenvalue weighted by molar-refractivity contribution is -0.137. The van der Waals surface area contributed by atoms with Gasteiger partial charge in [0.2, 0.25) is 0 Å². The largest absolute Gasteiger partial charge is 0.497 e. The second kappa shape index (κ2) is 5.02. The van der Waals surface area contributed by atoms with E-state index in [-0.39, 0.29) is 13.0 Å². The van der Waals surface area contributed by atoms with Crippen molar-refractivity contribution in [2.45, 2.75) is 12.8 Å². The van der Waals surface area contributed by atoms with E-state index in [2.05, 4.69) is 0 Å². The summed E-state index contributed by atoms with van der Waals surface area (Å²) in [6, 6.07) is 5.94. The number of nitrogens with zero attached hydrogens (tertiary/aromatic N) is 1. The summed E-state index contributed by atoms with van der Waals surface area (Å²) in [4.78, 5) is 10.5. The van der Waals surface area contributed by atoms with Gasteiger partial charge in [-0.1, -0.05) is 18.2 Å². The molecule has 5 nitrogen and oxygen atoms in total. The van der Waals surface area contributed by atoms with Crippen molar-refractivity contribution in [3.8, 4) is 0 Å². The zero-order chi connectivity index (χ0) is 14.1. The van der Waals surface area contributed by atoms with Crippen LogP contribution in [0.25, 0.3) is 11.8 Å². The third-order valence-corrected chi connectivity index (χ3v) is 3.43. The smallest absolute Gasteiger partial charge is 0.306 e. The minimum atomic E-state index is -0.870. The molecule has 1 heterocycles. The van der Waals surface area contributed by atoms with Crippen LogP contribution in [-0.2, 0) is 16.0 Å². The second-order valence-corrected chi connectivity index (χ2v) is 4.91. The molecule has 0 bridgehead atoms. The highest BCUT2D eigenvalue weighted by Crippen LogP contribution is 2.17. The molecule has 0 saturated heterocycles. The second-order valence-electron chi connectivity index (χ2n) is 4.91. The lowest BCUT2D eigenvalue weighted by Gasteiger charge is -2.23. The van der Waals surface area contributed by atoms with Gasteiger partial charge in [0.15, 0.2) is 0 Å². The number of carboxylic acids is 1. The van der Waals surface area contributed by atoms with Crippen molar-refractivity contribution >= 4 is 17.7 Å². The van der Waals surface area contributed by atoms with Crippen LogP contribution in [0, 0.1) is 0 Å². The number of allylic oxidation sites excluding steroid dienone is 1. The average molecular weight is 273 g/mol. The number of carboxylic acid groups (broad SMARTS) is 1. The summed E-state index contributed by atoms with van der Waals surface area (Å²) < 4.78 is 5.53. The van der Waals surface area contributed by atoms with Gasteiger partial charge in [-0.05, 0) is 22.4 Å². The van der Waals surface area contributed by atoms with Gasteiger partial charge in [-0.3, -0.25) is 15.1 Å². The number of hydroxylamine groups is 2. The minimum Gasteiger partial charge on any atom is -0.497 e. The molecule has 1 aliphatic carbocycles. The summed E-state index contributed by atoms with van der Waals surface area (Å²) in [5, 5.41) is 21.6. The van der Waals surface area contributed by atoms with Crippen LogP contribution in [-0.4, -0.2) is 34.5 Å². The molecule has 2 aliphatic rings. The van der Waals surface area contributed by atoms with Crippen LogP contribution in [0.5, 0.6) is 0 Å². The van der Waals surface area contributed by atoms with E-state index in [1.165, 1.54) is 0 Å². The molecule has 104 valence electrons. The van der Waals surface area contributed by atoms with Crippen molar-refractivity contribution < 1.29 is 19.8 Å². The zero-order valence-electron chi connectivity index (χ0n) is 10.9. The maximum Gasteiger partial charge on any atom is 0.306 e. The SMILES string of the molecule is O=C(O)CCOC1=CC2=c3c(cccc3=CN(O)C2)C1. The third kappa shape index (κ3) is 2.40. The van der Waals surface area contributed by atoms with Crippen LogP contribution in [0.15, 0.2) is 30.0 Å². The monoisotopic (exact) mass is 273 g/mol. The van der Waals surface area contributed by atoms with E-state index < -0.39 is 5.97 Å². The van der Waals surface area contributed by atoms with Gasteiger partial charge in [0.1, 0.15) is 5.76 Å². The van der Waals surface area contributed by atoms with Crippen molar-refractivity contribution in [1.29, 1.82) is 0 Å². The van der Waals surface area contributed by atoms with Gasteiger partial charge in [-0.25, -0.2) is 0 Å². The molecule has 0 radical (unpaired) electrons. The Hall–Kier alpha value is -2.27. The summed E-state index contributed by atoms with van der Waals surface area (Å²) in [6.45, 7) is 0.578. The van der Waals surface area contributed by atoms with Crippen LogP contribution in [0.4, 0.5) is 0 Å². The number of aliphatic carboxylic acids is 1. The molecule has 0 saturated carbocycles. The van der Waals surface area contributed by atoms with E-state index in [4.69, 9.17) is 9.84 Å². The number of hydrogen-bond acceptors (Lipinski definition) is 4. The van der Waals surface area contributed by atoms with Crippen LogP contribution < -0.4 is 10.4 Å². The molecule has 5 heteroatoms. The fraction of sp³-hybridized carbons (Fsp3) is 0.267. The van der Waals surface area contributed by atoms with Crippen LogP contribution >= 0.6 is 0 Å². The Bertz CT molecular complexity index is 705. The van der Waals surface area contributed by atoms with Gasteiger partial charge < -0.3 is 9.84 Å². The third-order valence-electron chi connectivity index (χ3n) is 3.43. The Morgan fingerprint density at radius 2 is 2.25 bits per heavy atom. The molecular formula is C15H15NO4. The highest BCUT2D eigenvalue weighted by atomic mass is 16.5. The zero-order valence-corrected chi connectivity index (χ0v) is 10.9. The first-order chi connectivity index (χ1) is 9.63. The van der Waals surface area contributed by atoms with Crippen molar-refractivity contribution in [3.63, 3.8) is 0 Å². The molecule has 0 aromatic heterocycles. The van der Waals surface area contributed by atoms with Crippen LogP contribution in [0.3, 0.4) is 0 Å². The number of benzene rings is 1. The molecule has 0 spiro atoms. The Morgan fingerprint density at radius 3 is 3.05 bits per heavy atom. The maximum absolute atomic E-state index is 10.5. The van der Waals surface area contributed by atoms with Crippen molar-refractivity contribution in [2.75, 3.05) is 13.2 Å². The first kappa shape index (κ1) is 12.7. The van der Waals surface area contributed by atoms with E-state index in [1.807, 2.05) is 24.3 Å². The molecule has 20 heavy (non-hydrogen) atoms. The highest BCUT2D eigenvalue weighted by molar-refractivity contribution is 5.67. The molecule has 2 N–H and O–H groups in total. The van der Waals surface area contributed by atoms with Crippen molar-refractivity contribution in [2.24, 2.45) is 0 Å². The normalized spacial score (nSPS) is 16.1. The fourth-order valence-corrected chi connectivity index (χ4v) is 2.64. The molecule has 0 amide bonds. The number of rotatable bonds is 4. The Balaban J connectivity index is 1.92. The molecule has 0 unspecified atom stereocenters. The van der Waals surface area contributed by atoms with Gasteiger partial charge in [-0.2, -0.15) is 0 Å². The first-order valence-electron chi connectivity index (χ1n) is 6.47. The quantitative estimate of drug-likeness (QED) is 0.821. The predicted octanol–water partition coefficient (Wildman–Crippen LogP) is 0.211. The van der Waals surface area contributed by atoms with Gasteiger partial charge in [-0.15, -0.1) is 0 Å². The lowest BCUT2D eigenvalue weighted by atomic mass is 9.94.